The number of carboxylic acids is 1. The van der Waals surface area contributed by atoms with Crippen LogP contribution in [0.2, 0.25) is 5.02 Å². The molecule has 0 aliphatic carbocycles. The number of benzene rings is 2. The number of carbonyl (C=O) groups is 1. The van der Waals surface area contributed by atoms with Gasteiger partial charge >= 0.3 is 5.97 Å². The Morgan fingerprint density at radius 1 is 1.23 bits per heavy atom. The van der Waals surface area contributed by atoms with Crippen molar-refractivity contribution < 1.29 is 14.3 Å². The van der Waals surface area contributed by atoms with Crippen LogP contribution in [0.3, 0.4) is 0 Å². The largest absolute Gasteiger partial charge is 0.481 e. The quantitative estimate of drug-likeness (QED) is 0.708. The van der Waals surface area contributed by atoms with Gasteiger partial charge in [-0.3, -0.25) is 4.79 Å². The van der Waals surface area contributed by atoms with Gasteiger partial charge in [-0.1, -0.05) is 11.6 Å². The maximum absolute atomic E-state index is 13.1. The van der Waals surface area contributed by atoms with E-state index in [0.717, 1.165) is 21.5 Å². The summed E-state index contributed by atoms with van der Waals surface area (Å²) in [6, 6.07) is 11.6. The Hall–Kier alpha value is -1.98. The van der Waals surface area contributed by atoms with Crippen LogP contribution in [0.5, 0.6) is 0 Å². The van der Waals surface area contributed by atoms with Gasteiger partial charge in [0.1, 0.15) is 5.82 Å². The summed E-state index contributed by atoms with van der Waals surface area (Å²) in [6.07, 6.45) is 1.85. The van der Waals surface area contributed by atoms with Crippen LogP contribution in [0.25, 0.3) is 16.6 Å². The van der Waals surface area contributed by atoms with Crippen molar-refractivity contribution in [1.82, 2.24) is 4.57 Å². The number of nitrogens with zero attached hydrogens (tertiary/aromatic N) is 1. The summed E-state index contributed by atoms with van der Waals surface area (Å²) < 4.78 is 15.0. The molecule has 0 fully saturated rings. The lowest BCUT2D eigenvalue weighted by molar-refractivity contribution is -0.133. The molecule has 1 aromatic heterocycles. The minimum atomic E-state index is -0.880. The maximum Gasteiger partial charge on any atom is 0.313 e. The van der Waals surface area contributed by atoms with E-state index in [0.29, 0.717) is 5.02 Å². The lowest BCUT2D eigenvalue weighted by Crippen LogP contribution is -1.97. The number of aliphatic carboxylic acids is 1. The second-order valence-corrected chi connectivity index (χ2v) is 6.14. The third-order valence-corrected chi connectivity index (χ3v) is 4.45. The topological polar surface area (TPSA) is 42.2 Å². The Balaban J connectivity index is 2.14. The molecule has 0 amide bonds. The Morgan fingerprint density at radius 2 is 1.95 bits per heavy atom. The molecule has 3 rings (SSSR count). The minimum absolute atomic E-state index is 0.0327. The first kappa shape index (κ1) is 14.9. The smallest absolute Gasteiger partial charge is 0.313 e. The summed E-state index contributed by atoms with van der Waals surface area (Å²) >= 11 is 7.28. The van der Waals surface area contributed by atoms with E-state index >= 15 is 0 Å². The van der Waals surface area contributed by atoms with Crippen LogP contribution in [0.4, 0.5) is 4.39 Å². The number of hydrogen-bond donors (Lipinski definition) is 1. The molecule has 2 aromatic carbocycles. The van der Waals surface area contributed by atoms with Gasteiger partial charge in [0.05, 0.1) is 11.3 Å². The zero-order chi connectivity index (χ0) is 15.7. The highest BCUT2D eigenvalue weighted by Crippen LogP contribution is 2.33. The second kappa shape index (κ2) is 6.02. The van der Waals surface area contributed by atoms with Crippen molar-refractivity contribution >= 4 is 40.2 Å². The van der Waals surface area contributed by atoms with Crippen molar-refractivity contribution in [3.05, 3.63) is 59.5 Å². The van der Waals surface area contributed by atoms with E-state index in [-0.39, 0.29) is 11.6 Å². The van der Waals surface area contributed by atoms with Gasteiger partial charge < -0.3 is 9.67 Å². The van der Waals surface area contributed by atoms with Crippen LogP contribution >= 0.6 is 23.4 Å². The number of hydrogen-bond acceptors (Lipinski definition) is 2. The molecule has 0 saturated heterocycles. The standard InChI is InChI=1S/C16H11ClFNO2S/c17-10-1-6-14-13(7-10)15(22-9-16(20)21)8-19(14)12-4-2-11(18)3-5-12/h1-8H,9H2,(H,20,21). The van der Waals surface area contributed by atoms with Gasteiger partial charge in [-0.15, -0.1) is 11.8 Å². The summed E-state index contributed by atoms with van der Waals surface area (Å²) in [5, 5.41) is 10.3. The van der Waals surface area contributed by atoms with E-state index in [9.17, 15) is 9.18 Å². The number of fused-ring (bicyclic) bond motifs is 1. The van der Waals surface area contributed by atoms with Gasteiger partial charge in [0, 0.05) is 27.2 Å². The number of rotatable bonds is 4. The molecule has 1 heterocycles. The average Bonchev–Trinajstić information content (AvgIpc) is 2.84. The molecule has 0 atom stereocenters. The van der Waals surface area contributed by atoms with Crippen molar-refractivity contribution in [2.24, 2.45) is 0 Å². The van der Waals surface area contributed by atoms with E-state index in [1.807, 2.05) is 16.8 Å². The molecule has 3 nitrogen and oxygen atoms in total. The molecule has 0 bridgehead atoms. The molecule has 0 spiro atoms. The van der Waals surface area contributed by atoms with Crippen molar-refractivity contribution in [3.8, 4) is 5.69 Å². The summed E-state index contributed by atoms with van der Waals surface area (Å²) in [6.45, 7) is 0. The lowest BCUT2D eigenvalue weighted by atomic mass is 10.2. The van der Waals surface area contributed by atoms with E-state index in [4.69, 9.17) is 16.7 Å². The number of halogens is 2. The predicted octanol–water partition coefficient (Wildman–Crippen LogP) is 4.60. The van der Waals surface area contributed by atoms with Crippen molar-refractivity contribution in [3.63, 3.8) is 0 Å². The molecule has 0 unspecified atom stereocenters. The van der Waals surface area contributed by atoms with E-state index in [1.54, 1.807) is 24.3 Å². The van der Waals surface area contributed by atoms with Gasteiger partial charge in [0.15, 0.2) is 0 Å². The highest BCUT2D eigenvalue weighted by atomic mass is 35.5. The fourth-order valence-corrected chi connectivity index (χ4v) is 3.19. The molecule has 3 aromatic rings. The van der Waals surface area contributed by atoms with Crippen LogP contribution in [0.15, 0.2) is 53.6 Å². The number of thioether (sulfide) groups is 1. The zero-order valence-corrected chi connectivity index (χ0v) is 12.9. The molecular formula is C16H11ClFNO2S. The second-order valence-electron chi connectivity index (χ2n) is 4.68. The lowest BCUT2D eigenvalue weighted by Gasteiger charge is -2.05. The predicted molar refractivity (Wildman–Crippen MR) is 86.6 cm³/mol. The molecule has 6 heteroatoms. The van der Waals surface area contributed by atoms with Gasteiger partial charge in [-0.25, -0.2) is 4.39 Å². The van der Waals surface area contributed by atoms with Gasteiger partial charge in [0.2, 0.25) is 0 Å². The zero-order valence-electron chi connectivity index (χ0n) is 11.3. The molecule has 0 radical (unpaired) electrons. The fourth-order valence-electron chi connectivity index (χ4n) is 2.24. The van der Waals surface area contributed by atoms with Gasteiger partial charge in [-0.2, -0.15) is 0 Å². The van der Waals surface area contributed by atoms with Crippen molar-refractivity contribution in [1.29, 1.82) is 0 Å². The first-order valence-electron chi connectivity index (χ1n) is 6.46. The highest BCUT2D eigenvalue weighted by Gasteiger charge is 2.12. The average molecular weight is 336 g/mol. The van der Waals surface area contributed by atoms with Gasteiger partial charge in [0.25, 0.3) is 0 Å². The first-order chi connectivity index (χ1) is 10.5. The van der Waals surface area contributed by atoms with Crippen LogP contribution in [0.1, 0.15) is 0 Å². The monoisotopic (exact) mass is 335 g/mol. The Kier molecular flexibility index (Phi) is 4.09. The maximum atomic E-state index is 13.1. The van der Waals surface area contributed by atoms with Crippen LogP contribution in [0, 0.1) is 5.82 Å². The fraction of sp³-hybridized carbons (Fsp3) is 0.0625. The Morgan fingerprint density at radius 3 is 2.64 bits per heavy atom. The van der Waals surface area contributed by atoms with Crippen LogP contribution in [-0.4, -0.2) is 21.4 Å². The van der Waals surface area contributed by atoms with E-state index in [1.165, 1.54) is 23.9 Å². The van der Waals surface area contributed by atoms with E-state index < -0.39 is 5.97 Å². The Labute approximate surface area is 135 Å². The molecule has 112 valence electrons. The molecular weight excluding hydrogens is 325 g/mol. The van der Waals surface area contributed by atoms with Crippen LogP contribution < -0.4 is 0 Å². The van der Waals surface area contributed by atoms with Crippen molar-refractivity contribution in [2.75, 3.05) is 5.75 Å². The normalized spacial score (nSPS) is 11.0. The number of aromatic nitrogens is 1. The van der Waals surface area contributed by atoms with Crippen molar-refractivity contribution in [2.45, 2.75) is 4.90 Å². The summed E-state index contributed by atoms with van der Waals surface area (Å²) in [4.78, 5) is 11.6. The minimum Gasteiger partial charge on any atom is -0.481 e. The number of carboxylic acid groups (broad SMARTS) is 1. The summed E-state index contributed by atoms with van der Waals surface area (Å²) in [5.41, 5.74) is 1.69. The van der Waals surface area contributed by atoms with Gasteiger partial charge in [-0.05, 0) is 42.5 Å². The molecule has 22 heavy (non-hydrogen) atoms. The molecule has 0 aliphatic heterocycles. The molecule has 1 N–H and O–H groups in total. The third kappa shape index (κ3) is 2.96. The van der Waals surface area contributed by atoms with E-state index in [2.05, 4.69) is 0 Å². The third-order valence-electron chi connectivity index (χ3n) is 3.19. The molecule has 0 saturated carbocycles. The summed E-state index contributed by atoms with van der Waals surface area (Å²) in [7, 11) is 0. The Bertz CT molecular complexity index is 845. The highest BCUT2D eigenvalue weighted by molar-refractivity contribution is 8.00. The summed E-state index contributed by atoms with van der Waals surface area (Å²) in [5.74, 6) is -1.21. The van der Waals surface area contributed by atoms with Crippen LogP contribution in [-0.2, 0) is 4.79 Å². The molecule has 0 aliphatic rings. The first-order valence-corrected chi connectivity index (χ1v) is 7.82. The SMILES string of the molecule is O=C(O)CSc1cn(-c2ccc(F)cc2)c2ccc(Cl)cc12.